The predicted octanol–water partition coefficient (Wildman–Crippen LogP) is 2.49. The lowest BCUT2D eigenvalue weighted by Gasteiger charge is -2.32. The molecule has 0 N–H and O–H groups in total. The van der Waals surface area contributed by atoms with E-state index in [0.29, 0.717) is 11.5 Å². The first kappa shape index (κ1) is 15.6. The van der Waals surface area contributed by atoms with Gasteiger partial charge in [-0.05, 0) is 37.0 Å². The smallest absolute Gasteiger partial charge is 0.257 e. The van der Waals surface area contributed by atoms with Gasteiger partial charge in [0.1, 0.15) is 12.0 Å². The summed E-state index contributed by atoms with van der Waals surface area (Å²) in [7, 11) is 0. The van der Waals surface area contributed by atoms with E-state index in [-0.39, 0.29) is 5.91 Å². The van der Waals surface area contributed by atoms with Gasteiger partial charge in [-0.2, -0.15) is 0 Å². The molecule has 0 aromatic carbocycles. The van der Waals surface area contributed by atoms with Crippen molar-refractivity contribution in [3.63, 3.8) is 0 Å². The molecule has 1 aliphatic rings. The number of aromatic nitrogens is 4. The largest absolute Gasteiger partial charge is 0.472 e. The summed E-state index contributed by atoms with van der Waals surface area (Å²) in [6.45, 7) is 2.27. The van der Waals surface area contributed by atoms with Crippen LogP contribution in [0, 0.1) is 5.92 Å². The average molecular weight is 337 g/mol. The minimum atomic E-state index is 0.0353. The van der Waals surface area contributed by atoms with Gasteiger partial charge in [-0.1, -0.05) is 5.21 Å². The molecule has 25 heavy (non-hydrogen) atoms. The molecule has 7 heteroatoms. The van der Waals surface area contributed by atoms with Gasteiger partial charge >= 0.3 is 0 Å². The van der Waals surface area contributed by atoms with Crippen LogP contribution in [0.1, 0.15) is 23.2 Å². The number of hydrogen-bond donors (Lipinski definition) is 0. The Hall–Kier alpha value is -2.96. The van der Waals surface area contributed by atoms with Gasteiger partial charge < -0.3 is 9.32 Å². The SMILES string of the molecule is O=C(c1ccoc1)N1CCC[C@H](Cn2cc(-c3cccnc3)nn2)C1. The summed E-state index contributed by atoms with van der Waals surface area (Å²) in [4.78, 5) is 18.5. The molecule has 0 aliphatic carbocycles. The molecule has 4 rings (SSSR count). The standard InChI is InChI=1S/C18H19N5O2/c24-18(16-5-8-25-13-16)22-7-2-3-14(10-22)11-23-12-17(20-21-23)15-4-1-6-19-9-15/h1,4-6,8-9,12-14H,2-3,7,10-11H2/t14-/m0/s1. The molecule has 7 nitrogen and oxygen atoms in total. The van der Waals surface area contributed by atoms with E-state index in [2.05, 4.69) is 15.3 Å². The molecular weight excluding hydrogens is 318 g/mol. The summed E-state index contributed by atoms with van der Waals surface area (Å²) in [6.07, 6.45) is 10.6. The number of likely N-dealkylation sites (tertiary alicyclic amines) is 1. The molecule has 1 aliphatic heterocycles. The van der Waals surface area contributed by atoms with Crippen LogP contribution in [0.5, 0.6) is 0 Å². The molecule has 1 amide bonds. The molecule has 3 aromatic heterocycles. The monoisotopic (exact) mass is 337 g/mol. The summed E-state index contributed by atoms with van der Waals surface area (Å²) in [5, 5.41) is 8.45. The number of hydrogen-bond acceptors (Lipinski definition) is 5. The molecule has 1 saturated heterocycles. The second-order valence-corrected chi connectivity index (χ2v) is 6.34. The molecule has 0 bridgehead atoms. The van der Waals surface area contributed by atoms with Crippen LogP contribution in [0.2, 0.25) is 0 Å². The maximum Gasteiger partial charge on any atom is 0.257 e. The summed E-state index contributed by atoms with van der Waals surface area (Å²) in [6, 6.07) is 5.56. The minimum Gasteiger partial charge on any atom is -0.472 e. The van der Waals surface area contributed by atoms with Crippen molar-refractivity contribution in [2.75, 3.05) is 13.1 Å². The van der Waals surface area contributed by atoms with Gasteiger partial charge in [0.05, 0.1) is 18.0 Å². The Morgan fingerprint density at radius 3 is 3.12 bits per heavy atom. The lowest BCUT2D eigenvalue weighted by molar-refractivity contribution is 0.0658. The van der Waals surface area contributed by atoms with E-state index in [1.165, 1.54) is 12.5 Å². The van der Waals surface area contributed by atoms with Gasteiger partial charge in [-0.15, -0.1) is 5.10 Å². The number of piperidine rings is 1. The molecule has 3 aromatic rings. The van der Waals surface area contributed by atoms with Gasteiger partial charge in [-0.25, -0.2) is 0 Å². The summed E-state index contributed by atoms with van der Waals surface area (Å²) < 4.78 is 6.88. The van der Waals surface area contributed by atoms with Crippen LogP contribution in [0.25, 0.3) is 11.3 Å². The van der Waals surface area contributed by atoms with Crippen LogP contribution in [-0.2, 0) is 6.54 Å². The number of carbonyl (C=O) groups excluding carboxylic acids is 1. The fourth-order valence-electron chi connectivity index (χ4n) is 3.27. The molecule has 4 heterocycles. The zero-order chi connectivity index (χ0) is 17.1. The summed E-state index contributed by atoms with van der Waals surface area (Å²) >= 11 is 0. The van der Waals surface area contributed by atoms with Crippen molar-refractivity contribution in [1.82, 2.24) is 24.9 Å². The third kappa shape index (κ3) is 3.45. The summed E-state index contributed by atoms with van der Waals surface area (Å²) in [5.41, 5.74) is 2.38. The molecule has 0 saturated carbocycles. The first-order valence-electron chi connectivity index (χ1n) is 8.41. The fraction of sp³-hybridized carbons (Fsp3) is 0.333. The highest BCUT2D eigenvalue weighted by molar-refractivity contribution is 5.93. The van der Waals surface area contributed by atoms with Crippen LogP contribution in [-0.4, -0.2) is 43.9 Å². The topological polar surface area (TPSA) is 77.0 Å². The van der Waals surface area contributed by atoms with Gasteiger partial charge in [0.15, 0.2) is 0 Å². The summed E-state index contributed by atoms with van der Waals surface area (Å²) in [5.74, 6) is 0.404. The maximum atomic E-state index is 12.5. The maximum absolute atomic E-state index is 12.5. The Balaban J connectivity index is 1.41. The Morgan fingerprint density at radius 2 is 2.32 bits per heavy atom. The van der Waals surface area contributed by atoms with E-state index >= 15 is 0 Å². The van der Waals surface area contributed by atoms with E-state index in [0.717, 1.165) is 43.7 Å². The average Bonchev–Trinajstić information content (AvgIpc) is 3.34. The van der Waals surface area contributed by atoms with Gasteiger partial charge in [-0.3, -0.25) is 14.5 Å². The van der Waals surface area contributed by atoms with Crippen LogP contribution in [0.4, 0.5) is 0 Å². The quantitative estimate of drug-likeness (QED) is 0.731. The normalized spacial score (nSPS) is 17.6. The lowest BCUT2D eigenvalue weighted by Crippen LogP contribution is -2.41. The van der Waals surface area contributed by atoms with Crippen molar-refractivity contribution in [1.29, 1.82) is 0 Å². The van der Waals surface area contributed by atoms with Crippen molar-refractivity contribution in [2.45, 2.75) is 19.4 Å². The lowest BCUT2D eigenvalue weighted by atomic mass is 9.97. The van der Waals surface area contributed by atoms with Crippen molar-refractivity contribution in [3.05, 3.63) is 54.9 Å². The highest BCUT2D eigenvalue weighted by atomic mass is 16.3. The van der Waals surface area contributed by atoms with E-state index in [4.69, 9.17) is 4.42 Å². The Kier molecular flexibility index (Phi) is 4.28. The van der Waals surface area contributed by atoms with E-state index in [1.54, 1.807) is 18.5 Å². The van der Waals surface area contributed by atoms with Crippen LogP contribution in [0.15, 0.2) is 53.7 Å². The van der Waals surface area contributed by atoms with Crippen molar-refractivity contribution >= 4 is 5.91 Å². The second-order valence-electron chi connectivity index (χ2n) is 6.34. The highest BCUT2D eigenvalue weighted by Gasteiger charge is 2.25. The minimum absolute atomic E-state index is 0.0353. The molecular formula is C18H19N5O2. The first-order chi connectivity index (χ1) is 12.3. The molecule has 0 radical (unpaired) electrons. The zero-order valence-electron chi connectivity index (χ0n) is 13.8. The van der Waals surface area contributed by atoms with Gasteiger partial charge in [0.25, 0.3) is 5.91 Å². The molecule has 128 valence electrons. The van der Waals surface area contributed by atoms with Gasteiger partial charge in [0, 0.05) is 37.6 Å². The van der Waals surface area contributed by atoms with E-state index in [1.807, 2.05) is 27.9 Å². The number of pyridine rings is 1. The Bertz CT molecular complexity index is 828. The van der Waals surface area contributed by atoms with Crippen LogP contribution < -0.4 is 0 Å². The predicted molar refractivity (Wildman–Crippen MR) is 90.6 cm³/mol. The Labute approximate surface area is 145 Å². The highest BCUT2D eigenvalue weighted by Crippen LogP contribution is 2.21. The number of nitrogens with zero attached hydrogens (tertiary/aromatic N) is 5. The zero-order valence-corrected chi connectivity index (χ0v) is 13.8. The molecule has 0 spiro atoms. The van der Waals surface area contributed by atoms with Crippen molar-refractivity contribution in [2.24, 2.45) is 5.92 Å². The Morgan fingerprint density at radius 1 is 1.36 bits per heavy atom. The van der Waals surface area contributed by atoms with E-state index < -0.39 is 0 Å². The van der Waals surface area contributed by atoms with Gasteiger partial charge in [0.2, 0.25) is 0 Å². The fourth-order valence-corrected chi connectivity index (χ4v) is 3.27. The first-order valence-corrected chi connectivity index (χ1v) is 8.41. The number of carbonyl (C=O) groups is 1. The third-order valence-corrected chi connectivity index (χ3v) is 4.52. The van der Waals surface area contributed by atoms with Crippen LogP contribution >= 0.6 is 0 Å². The number of furan rings is 1. The number of amides is 1. The molecule has 0 unspecified atom stereocenters. The second kappa shape index (κ2) is 6.88. The van der Waals surface area contributed by atoms with Crippen LogP contribution in [0.3, 0.4) is 0 Å². The van der Waals surface area contributed by atoms with E-state index in [9.17, 15) is 4.79 Å². The third-order valence-electron chi connectivity index (χ3n) is 4.52. The molecule has 1 atom stereocenters. The van der Waals surface area contributed by atoms with Crippen molar-refractivity contribution < 1.29 is 9.21 Å². The van der Waals surface area contributed by atoms with Crippen molar-refractivity contribution in [3.8, 4) is 11.3 Å². The number of rotatable bonds is 4. The molecule has 1 fully saturated rings.